The quantitative estimate of drug-likeness (QED) is 0.617. The van der Waals surface area contributed by atoms with Gasteiger partial charge in [-0.05, 0) is 36.0 Å². The van der Waals surface area contributed by atoms with Gasteiger partial charge in [0.05, 0.1) is 0 Å². The molecule has 0 fully saturated rings. The topological polar surface area (TPSA) is 0 Å². The predicted octanol–water partition coefficient (Wildman–Crippen LogP) is 5.44. The average Bonchev–Trinajstić information content (AvgIpc) is 2.27. The Kier molecular flexibility index (Phi) is 4.72. The monoisotopic (exact) mass is 240 g/mol. The van der Waals surface area contributed by atoms with E-state index in [-0.39, 0.29) is 5.41 Å². The molecule has 0 N–H and O–H groups in total. The Morgan fingerprint density at radius 3 is 2.33 bits per heavy atom. The molecule has 0 saturated heterocycles. The molecular weight excluding hydrogens is 216 g/mol. The second kappa shape index (κ2) is 5.86. The van der Waals surface area contributed by atoms with Crippen LogP contribution >= 0.6 is 0 Å². The number of aryl methyl sites for hydroxylation is 1. The fraction of sp³-hybridized carbons (Fsp3) is 0.333. The van der Waals surface area contributed by atoms with Gasteiger partial charge in [0.15, 0.2) is 0 Å². The molecule has 1 aromatic carbocycles. The summed E-state index contributed by atoms with van der Waals surface area (Å²) in [5.41, 5.74) is 5.32. The summed E-state index contributed by atoms with van der Waals surface area (Å²) in [5, 5.41) is 0. The third-order valence-electron chi connectivity index (χ3n) is 2.92. The first-order valence-electron chi connectivity index (χ1n) is 6.46. The summed E-state index contributed by atoms with van der Waals surface area (Å²) in [6, 6.07) is 6.78. The molecular formula is C18H24. The summed E-state index contributed by atoms with van der Waals surface area (Å²) in [7, 11) is 0. The molecule has 0 aliphatic rings. The maximum atomic E-state index is 3.79. The molecule has 0 saturated carbocycles. The molecule has 0 bridgehead atoms. The van der Waals surface area contributed by atoms with Crippen LogP contribution in [-0.4, -0.2) is 0 Å². The lowest BCUT2D eigenvalue weighted by Crippen LogP contribution is -2.11. The molecule has 1 rings (SSSR count). The standard InChI is InChI=1S/C18H24/c1-7-9-15(10-8-2)16-11-14(3)12-17(13-16)18(4,5)6/h7-13H,1H2,2-6H3/b10-8-,15-9+. The third-order valence-corrected chi connectivity index (χ3v) is 2.92. The fourth-order valence-corrected chi connectivity index (χ4v) is 1.94. The molecule has 0 radical (unpaired) electrons. The highest BCUT2D eigenvalue weighted by atomic mass is 14.2. The van der Waals surface area contributed by atoms with Crippen LogP contribution in [0.25, 0.3) is 5.57 Å². The number of hydrogen-bond donors (Lipinski definition) is 0. The summed E-state index contributed by atoms with van der Waals surface area (Å²) in [4.78, 5) is 0. The van der Waals surface area contributed by atoms with E-state index in [1.54, 1.807) is 0 Å². The second-order valence-electron chi connectivity index (χ2n) is 5.70. The molecule has 96 valence electrons. The molecule has 0 unspecified atom stereocenters. The van der Waals surface area contributed by atoms with E-state index >= 15 is 0 Å². The van der Waals surface area contributed by atoms with E-state index in [4.69, 9.17) is 0 Å². The van der Waals surface area contributed by atoms with E-state index in [0.29, 0.717) is 0 Å². The van der Waals surface area contributed by atoms with E-state index in [9.17, 15) is 0 Å². The van der Waals surface area contributed by atoms with Gasteiger partial charge in [0.2, 0.25) is 0 Å². The van der Waals surface area contributed by atoms with Gasteiger partial charge >= 0.3 is 0 Å². The molecule has 0 amide bonds. The molecule has 0 aliphatic heterocycles. The summed E-state index contributed by atoms with van der Waals surface area (Å²) in [5.74, 6) is 0. The molecule has 0 nitrogen and oxygen atoms in total. The van der Waals surface area contributed by atoms with Gasteiger partial charge in [-0.25, -0.2) is 0 Å². The van der Waals surface area contributed by atoms with Crippen molar-refractivity contribution in [3.63, 3.8) is 0 Å². The molecule has 0 atom stereocenters. The van der Waals surface area contributed by atoms with Crippen LogP contribution in [-0.2, 0) is 5.41 Å². The van der Waals surface area contributed by atoms with Crippen molar-refractivity contribution in [1.29, 1.82) is 0 Å². The summed E-state index contributed by atoms with van der Waals surface area (Å²) < 4.78 is 0. The zero-order valence-corrected chi connectivity index (χ0v) is 12.2. The molecule has 0 heteroatoms. The third kappa shape index (κ3) is 3.73. The van der Waals surface area contributed by atoms with Crippen LogP contribution in [0.1, 0.15) is 44.4 Å². The van der Waals surface area contributed by atoms with Gasteiger partial charge < -0.3 is 0 Å². The minimum atomic E-state index is 0.177. The van der Waals surface area contributed by atoms with Crippen LogP contribution in [0.15, 0.2) is 49.1 Å². The Hall–Kier alpha value is -1.56. The van der Waals surface area contributed by atoms with Crippen LogP contribution in [0.2, 0.25) is 0 Å². The predicted molar refractivity (Wildman–Crippen MR) is 82.9 cm³/mol. The fourth-order valence-electron chi connectivity index (χ4n) is 1.94. The summed E-state index contributed by atoms with van der Waals surface area (Å²) in [6.45, 7) is 14.7. The zero-order chi connectivity index (χ0) is 13.8. The lowest BCUT2D eigenvalue weighted by Gasteiger charge is -2.21. The van der Waals surface area contributed by atoms with Gasteiger partial charge in [0.1, 0.15) is 0 Å². The normalized spacial score (nSPS) is 13.1. The Bertz CT molecular complexity index is 479. The average molecular weight is 240 g/mol. The molecule has 1 aromatic rings. The van der Waals surface area contributed by atoms with Crippen LogP contribution < -0.4 is 0 Å². The first-order chi connectivity index (χ1) is 8.38. The van der Waals surface area contributed by atoms with Crippen molar-refractivity contribution >= 4 is 5.57 Å². The van der Waals surface area contributed by atoms with E-state index in [2.05, 4.69) is 70.7 Å². The summed E-state index contributed by atoms with van der Waals surface area (Å²) in [6.07, 6.45) is 8.09. The van der Waals surface area contributed by atoms with E-state index in [0.717, 1.165) is 0 Å². The van der Waals surface area contributed by atoms with Crippen LogP contribution in [0.4, 0.5) is 0 Å². The second-order valence-corrected chi connectivity index (χ2v) is 5.70. The van der Waals surface area contributed by atoms with Gasteiger partial charge in [-0.15, -0.1) is 0 Å². The van der Waals surface area contributed by atoms with Gasteiger partial charge in [0, 0.05) is 0 Å². The number of allylic oxidation sites excluding steroid dienone is 5. The lowest BCUT2D eigenvalue weighted by atomic mass is 9.84. The van der Waals surface area contributed by atoms with E-state index < -0.39 is 0 Å². The summed E-state index contributed by atoms with van der Waals surface area (Å²) >= 11 is 0. The maximum absolute atomic E-state index is 3.79. The highest BCUT2D eigenvalue weighted by Gasteiger charge is 2.15. The molecule has 0 spiro atoms. The highest BCUT2D eigenvalue weighted by molar-refractivity contribution is 5.76. The highest BCUT2D eigenvalue weighted by Crippen LogP contribution is 2.27. The number of benzene rings is 1. The lowest BCUT2D eigenvalue weighted by molar-refractivity contribution is 0.589. The van der Waals surface area contributed by atoms with Crippen LogP contribution in [0.5, 0.6) is 0 Å². The van der Waals surface area contributed by atoms with Crippen molar-refractivity contribution in [2.45, 2.75) is 40.0 Å². The van der Waals surface area contributed by atoms with Gasteiger partial charge in [-0.3, -0.25) is 0 Å². The Morgan fingerprint density at radius 2 is 1.83 bits per heavy atom. The van der Waals surface area contributed by atoms with Crippen LogP contribution in [0, 0.1) is 6.92 Å². The van der Waals surface area contributed by atoms with Crippen molar-refractivity contribution in [1.82, 2.24) is 0 Å². The smallest absolute Gasteiger partial charge is 0.0132 e. The minimum absolute atomic E-state index is 0.177. The largest absolute Gasteiger partial charge is 0.0990 e. The van der Waals surface area contributed by atoms with Gasteiger partial charge in [-0.1, -0.05) is 75.4 Å². The minimum Gasteiger partial charge on any atom is -0.0990 e. The molecule has 0 heterocycles. The van der Waals surface area contributed by atoms with Crippen molar-refractivity contribution in [3.8, 4) is 0 Å². The molecule has 18 heavy (non-hydrogen) atoms. The van der Waals surface area contributed by atoms with Crippen molar-refractivity contribution in [2.24, 2.45) is 0 Å². The maximum Gasteiger partial charge on any atom is -0.0132 e. The number of hydrogen-bond acceptors (Lipinski definition) is 0. The van der Waals surface area contributed by atoms with Crippen molar-refractivity contribution in [2.75, 3.05) is 0 Å². The van der Waals surface area contributed by atoms with Crippen molar-refractivity contribution < 1.29 is 0 Å². The molecule has 0 aliphatic carbocycles. The van der Waals surface area contributed by atoms with Crippen molar-refractivity contribution in [3.05, 3.63) is 65.8 Å². The van der Waals surface area contributed by atoms with Gasteiger partial charge in [0.25, 0.3) is 0 Å². The first kappa shape index (κ1) is 14.5. The zero-order valence-electron chi connectivity index (χ0n) is 12.2. The van der Waals surface area contributed by atoms with E-state index in [1.807, 2.05) is 13.0 Å². The Morgan fingerprint density at radius 1 is 1.17 bits per heavy atom. The van der Waals surface area contributed by atoms with Crippen LogP contribution in [0.3, 0.4) is 0 Å². The number of rotatable bonds is 3. The SMILES string of the molecule is C=C/C=C(\C=C/C)c1cc(C)cc(C(C)(C)C)c1. The van der Waals surface area contributed by atoms with Gasteiger partial charge in [-0.2, -0.15) is 0 Å². The Labute approximate surface area is 112 Å². The van der Waals surface area contributed by atoms with E-state index in [1.165, 1.54) is 22.3 Å². The Balaban J connectivity index is 3.37. The molecule has 0 aromatic heterocycles. The first-order valence-corrected chi connectivity index (χ1v) is 6.46.